The van der Waals surface area contributed by atoms with Crippen molar-refractivity contribution in [3.05, 3.63) is 24.0 Å². The van der Waals surface area contributed by atoms with Gasteiger partial charge < -0.3 is 19.7 Å². The summed E-state index contributed by atoms with van der Waals surface area (Å²) in [7, 11) is 0. The van der Waals surface area contributed by atoms with Gasteiger partial charge in [-0.25, -0.2) is 4.39 Å². The number of phenolic OH excluding ortho intramolecular Hbond substituents is 1. The average Bonchev–Trinajstić information content (AvgIpc) is 2.71. The highest BCUT2D eigenvalue weighted by Gasteiger charge is 2.26. The quantitative estimate of drug-likeness (QED) is 0.821. The van der Waals surface area contributed by atoms with Gasteiger partial charge in [-0.2, -0.15) is 0 Å². The molecule has 0 unspecified atom stereocenters. The monoisotopic (exact) mass is 228 g/mol. The second-order valence-electron chi connectivity index (χ2n) is 3.68. The minimum atomic E-state index is -0.728. The molecule has 0 aromatic heterocycles. The molecule has 0 radical (unpaired) electrons. The van der Waals surface area contributed by atoms with Crippen LogP contribution in [0.25, 0.3) is 0 Å². The first-order valence-electron chi connectivity index (χ1n) is 5.10. The highest BCUT2D eigenvalue weighted by molar-refractivity contribution is 5.32. The first kappa shape index (κ1) is 11.2. The molecule has 1 fully saturated rings. The maximum absolute atomic E-state index is 13.0. The van der Waals surface area contributed by atoms with Crippen LogP contribution in [-0.4, -0.2) is 29.2 Å². The molecule has 1 aliphatic rings. The summed E-state index contributed by atoms with van der Waals surface area (Å²) < 4.78 is 23.7. The van der Waals surface area contributed by atoms with Gasteiger partial charge in [0, 0.05) is 12.5 Å². The van der Waals surface area contributed by atoms with Gasteiger partial charge >= 0.3 is 0 Å². The summed E-state index contributed by atoms with van der Waals surface area (Å²) in [5, 5.41) is 17.8. The lowest BCUT2D eigenvalue weighted by Gasteiger charge is -2.14. The molecule has 0 saturated carbocycles. The van der Waals surface area contributed by atoms with E-state index in [9.17, 15) is 4.39 Å². The van der Waals surface area contributed by atoms with Gasteiger partial charge in [-0.05, 0) is 18.6 Å². The molecular formula is C11H13FO4. The standard InChI is InChI=1S/C11H13FO4/c12-9-5-7(1-3-10(9)14)15-11-4-2-8(6-13)16-11/h1,3,5,8,11,13-14H,2,4,6H2/t8-,11-/m1/s1. The van der Waals surface area contributed by atoms with E-state index < -0.39 is 17.9 Å². The second kappa shape index (κ2) is 4.67. The van der Waals surface area contributed by atoms with Gasteiger partial charge in [0.25, 0.3) is 0 Å². The van der Waals surface area contributed by atoms with Crippen LogP contribution in [0.1, 0.15) is 12.8 Å². The Morgan fingerprint density at radius 2 is 2.25 bits per heavy atom. The molecule has 4 nitrogen and oxygen atoms in total. The average molecular weight is 228 g/mol. The van der Waals surface area contributed by atoms with Crippen molar-refractivity contribution in [1.29, 1.82) is 0 Å². The summed E-state index contributed by atoms with van der Waals surface area (Å²) in [6, 6.07) is 3.79. The van der Waals surface area contributed by atoms with Gasteiger partial charge in [0.15, 0.2) is 17.9 Å². The van der Waals surface area contributed by atoms with Crippen LogP contribution in [0.15, 0.2) is 18.2 Å². The van der Waals surface area contributed by atoms with E-state index in [4.69, 9.17) is 19.7 Å². The molecular weight excluding hydrogens is 215 g/mol. The Hall–Kier alpha value is -1.33. The van der Waals surface area contributed by atoms with Gasteiger partial charge in [0.05, 0.1) is 12.7 Å². The first-order valence-corrected chi connectivity index (χ1v) is 5.10. The van der Waals surface area contributed by atoms with Gasteiger partial charge in [-0.3, -0.25) is 0 Å². The molecule has 2 rings (SSSR count). The van der Waals surface area contributed by atoms with Crippen molar-refractivity contribution in [1.82, 2.24) is 0 Å². The molecule has 1 aromatic rings. The van der Waals surface area contributed by atoms with E-state index in [-0.39, 0.29) is 12.7 Å². The van der Waals surface area contributed by atoms with E-state index >= 15 is 0 Å². The fraction of sp³-hybridized carbons (Fsp3) is 0.455. The number of aliphatic hydroxyl groups is 1. The fourth-order valence-electron chi connectivity index (χ4n) is 1.61. The van der Waals surface area contributed by atoms with Crippen molar-refractivity contribution in [3.8, 4) is 11.5 Å². The van der Waals surface area contributed by atoms with Crippen molar-refractivity contribution in [2.75, 3.05) is 6.61 Å². The summed E-state index contributed by atoms with van der Waals surface area (Å²) in [6.45, 7) is -0.0379. The van der Waals surface area contributed by atoms with Crippen LogP contribution in [0, 0.1) is 5.82 Å². The summed E-state index contributed by atoms with van der Waals surface area (Å²) in [5.74, 6) is -0.832. The van der Waals surface area contributed by atoms with Crippen molar-refractivity contribution >= 4 is 0 Å². The molecule has 0 spiro atoms. The highest BCUT2D eigenvalue weighted by atomic mass is 19.1. The molecule has 1 saturated heterocycles. The largest absolute Gasteiger partial charge is 0.505 e. The van der Waals surface area contributed by atoms with E-state index in [1.807, 2.05) is 0 Å². The molecule has 2 atom stereocenters. The summed E-state index contributed by atoms with van der Waals surface area (Å²) >= 11 is 0. The number of hydrogen-bond donors (Lipinski definition) is 2. The van der Waals surface area contributed by atoms with Crippen LogP contribution in [0.2, 0.25) is 0 Å². The minimum absolute atomic E-state index is 0.0379. The Morgan fingerprint density at radius 3 is 2.88 bits per heavy atom. The predicted octanol–water partition coefficient (Wildman–Crippen LogP) is 1.41. The van der Waals surface area contributed by atoms with Crippen LogP contribution in [0.3, 0.4) is 0 Å². The molecule has 88 valence electrons. The number of halogens is 1. The molecule has 1 heterocycles. The smallest absolute Gasteiger partial charge is 0.200 e. The summed E-state index contributed by atoms with van der Waals surface area (Å²) in [6.07, 6.45) is 0.725. The number of aromatic hydroxyl groups is 1. The topological polar surface area (TPSA) is 58.9 Å². The number of benzene rings is 1. The zero-order valence-corrected chi connectivity index (χ0v) is 8.60. The maximum Gasteiger partial charge on any atom is 0.200 e. The number of phenols is 1. The Labute approximate surface area is 92.2 Å². The molecule has 1 aromatic carbocycles. The fourth-order valence-corrected chi connectivity index (χ4v) is 1.61. The Balaban J connectivity index is 1.97. The third-order valence-corrected chi connectivity index (χ3v) is 2.46. The first-order chi connectivity index (χ1) is 7.69. The van der Waals surface area contributed by atoms with Crippen LogP contribution < -0.4 is 4.74 Å². The van der Waals surface area contributed by atoms with Gasteiger partial charge in [-0.1, -0.05) is 0 Å². The summed E-state index contributed by atoms with van der Waals surface area (Å²) in [5.41, 5.74) is 0. The molecule has 16 heavy (non-hydrogen) atoms. The number of rotatable bonds is 3. The van der Waals surface area contributed by atoms with E-state index in [0.717, 1.165) is 12.5 Å². The Kier molecular flexibility index (Phi) is 3.26. The number of hydrogen-bond acceptors (Lipinski definition) is 4. The maximum atomic E-state index is 13.0. The normalized spacial score (nSPS) is 24.6. The Bertz CT molecular complexity index is 369. The lowest BCUT2D eigenvalue weighted by Crippen LogP contribution is -2.19. The Morgan fingerprint density at radius 1 is 1.44 bits per heavy atom. The van der Waals surface area contributed by atoms with E-state index in [0.29, 0.717) is 12.2 Å². The van der Waals surface area contributed by atoms with Crippen LogP contribution in [-0.2, 0) is 4.74 Å². The van der Waals surface area contributed by atoms with Crippen LogP contribution in [0.4, 0.5) is 4.39 Å². The predicted molar refractivity (Wildman–Crippen MR) is 53.7 cm³/mol. The van der Waals surface area contributed by atoms with Gasteiger partial charge in [0.2, 0.25) is 0 Å². The lowest BCUT2D eigenvalue weighted by atomic mass is 10.2. The lowest BCUT2D eigenvalue weighted by molar-refractivity contribution is -0.0851. The SMILES string of the molecule is OC[C@H]1CC[C@H](Oc2ccc(O)c(F)c2)O1. The summed E-state index contributed by atoms with van der Waals surface area (Å²) in [4.78, 5) is 0. The molecule has 0 bridgehead atoms. The molecule has 2 N–H and O–H groups in total. The highest BCUT2D eigenvalue weighted by Crippen LogP contribution is 2.26. The van der Waals surface area contributed by atoms with Gasteiger partial charge in [0.1, 0.15) is 5.75 Å². The van der Waals surface area contributed by atoms with Crippen molar-refractivity contribution < 1.29 is 24.1 Å². The molecule has 5 heteroatoms. The van der Waals surface area contributed by atoms with Crippen molar-refractivity contribution in [2.24, 2.45) is 0 Å². The van der Waals surface area contributed by atoms with E-state index in [1.165, 1.54) is 12.1 Å². The zero-order valence-electron chi connectivity index (χ0n) is 8.60. The number of aliphatic hydroxyl groups excluding tert-OH is 1. The molecule has 1 aliphatic heterocycles. The van der Waals surface area contributed by atoms with E-state index in [2.05, 4.69) is 0 Å². The number of ether oxygens (including phenoxy) is 2. The zero-order chi connectivity index (χ0) is 11.5. The van der Waals surface area contributed by atoms with Crippen molar-refractivity contribution in [2.45, 2.75) is 25.2 Å². The minimum Gasteiger partial charge on any atom is -0.505 e. The van der Waals surface area contributed by atoms with Gasteiger partial charge in [-0.15, -0.1) is 0 Å². The second-order valence-corrected chi connectivity index (χ2v) is 3.68. The van der Waals surface area contributed by atoms with Crippen LogP contribution >= 0.6 is 0 Å². The molecule has 0 amide bonds. The third kappa shape index (κ3) is 2.43. The van der Waals surface area contributed by atoms with Crippen molar-refractivity contribution in [3.63, 3.8) is 0 Å². The molecule has 0 aliphatic carbocycles. The van der Waals surface area contributed by atoms with Crippen LogP contribution in [0.5, 0.6) is 11.5 Å². The van der Waals surface area contributed by atoms with E-state index in [1.54, 1.807) is 0 Å². The third-order valence-electron chi connectivity index (χ3n) is 2.46.